The summed E-state index contributed by atoms with van der Waals surface area (Å²) in [5.74, 6) is 0.991. The third-order valence-electron chi connectivity index (χ3n) is 5.05. The second kappa shape index (κ2) is 12.0. The molecule has 0 amide bonds. The van der Waals surface area contributed by atoms with Gasteiger partial charge >= 0.3 is 0 Å². The Bertz CT molecular complexity index is 936. The van der Waals surface area contributed by atoms with Crippen molar-refractivity contribution in [2.24, 2.45) is 0 Å². The van der Waals surface area contributed by atoms with Crippen molar-refractivity contribution >= 4 is 17.5 Å². The molecule has 0 saturated carbocycles. The van der Waals surface area contributed by atoms with E-state index < -0.39 is 4.92 Å². The summed E-state index contributed by atoms with van der Waals surface area (Å²) in [5, 5.41) is 11.0. The maximum absolute atomic E-state index is 12.5. The molecule has 1 heterocycles. The molecule has 3 rings (SSSR count). The van der Waals surface area contributed by atoms with Crippen LogP contribution in [-0.4, -0.2) is 61.7 Å². The lowest BCUT2D eigenvalue weighted by Crippen LogP contribution is -2.37. The van der Waals surface area contributed by atoms with E-state index >= 15 is 0 Å². The molecule has 8 heteroatoms. The number of allylic oxidation sites excluding steroid dienone is 1. The summed E-state index contributed by atoms with van der Waals surface area (Å²) >= 11 is 0. The Balaban J connectivity index is 1.54. The van der Waals surface area contributed by atoms with Gasteiger partial charge in [-0.05, 0) is 55.8 Å². The van der Waals surface area contributed by atoms with E-state index in [0.717, 1.165) is 39.3 Å². The van der Waals surface area contributed by atoms with Crippen LogP contribution in [0.25, 0.3) is 6.08 Å². The van der Waals surface area contributed by atoms with Crippen LogP contribution >= 0.6 is 0 Å². The van der Waals surface area contributed by atoms with Gasteiger partial charge in [0.15, 0.2) is 5.78 Å². The highest BCUT2D eigenvalue weighted by Crippen LogP contribution is 2.26. The van der Waals surface area contributed by atoms with Gasteiger partial charge in [0.2, 0.25) is 0 Å². The van der Waals surface area contributed by atoms with Crippen molar-refractivity contribution in [1.29, 1.82) is 0 Å². The fourth-order valence-electron chi connectivity index (χ4n) is 3.35. The van der Waals surface area contributed by atoms with Crippen LogP contribution in [0.1, 0.15) is 29.3 Å². The molecule has 1 aliphatic heterocycles. The molecule has 0 aliphatic carbocycles. The summed E-state index contributed by atoms with van der Waals surface area (Å²) in [6.45, 7) is 7.34. The molecule has 0 radical (unpaired) electrons. The molecule has 0 atom stereocenters. The van der Waals surface area contributed by atoms with E-state index in [-0.39, 0.29) is 11.5 Å². The van der Waals surface area contributed by atoms with Crippen LogP contribution in [0.4, 0.5) is 5.69 Å². The Morgan fingerprint density at radius 1 is 1.16 bits per heavy atom. The number of hydrogen-bond acceptors (Lipinski definition) is 7. The normalized spacial score (nSPS) is 14.4. The Hall–Kier alpha value is -3.23. The van der Waals surface area contributed by atoms with E-state index in [2.05, 4.69) is 4.90 Å². The maximum atomic E-state index is 12.5. The number of nitro benzene ring substituents is 1. The van der Waals surface area contributed by atoms with Crippen LogP contribution in [0.5, 0.6) is 11.5 Å². The molecule has 1 saturated heterocycles. The molecule has 0 unspecified atom stereocenters. The van der Waals surface area contributed by atoms with Crippen LogP contribution in [0.15, 0.2) is 48.5 Å². The molecule has 1 fully saturated rings. The molecule has 0 aromatic heterocycles. The van der Waals surface area contributed by atoms with E-state index in [9.17, 15) is 14.9 Å². The van der Waals surface area contributed by atoms with Crippen molar-refractivity contribution < 1.29 is 23.9 Å². The highest BCUT2D eigenvalue weighted by atomic mass is 16.6. The van der Waals surface area contributed by atoms with Crippen LogP contribution in [0, 0.1) is 10.1 Å². The zero-order chi connectivity index (χ0) is 22.8. The number of hydrogen-bond donors (Lipinski definition) is 0. The monoisotopic (exact) mass is 440 g/mol. The minimum Gasteiger partial charge on any atom is -0.494 e. The molecule has 1 aliphatic rings. The number of morpholine rings is 1. The third kappa shape index (κ3) is 6.90. The quantitative estimate of drug-likeness (QED) is 0.172. The number of carbonyl (C=O) groups excluding carboxylic acids is 1. The van der Waals surface area contributed by atoms with E-state index in [4.69, 9.17) is 14.2 Å². The minimum atomic E-state index is -0.478. The molecular weight excluding hydrogens is 412 g/mol. The van der Waals surface area contributed by atoms with E-state index in [1.54, 1.807) is 24.3 Å². The number of nitrogens with zero attached hydrogens (tertiary/aromatic N) is 2. The highest BCUT2D eigenvalue weighted by Gasteiger charge is 2.11. The minimum absolute atomic E-state index is 0.0596. The summed E-state index contributed by atoms with van der Waals surface area (Å²) in [6, 6.07) is 11.3. The Morgan fingerprint density at radius 3 is 2.59 bits per heavy atom. The van der Waals surface area contributed by atoms with Gasteiger partial charge in [0.1, 0.15) is 11.5 Å². The fourth-order valence-corrected chi connectivity index (χ4v) is 3.35. The number of benzene rings is 2. The molecule has 8 nitrogen and oxygen atoms in total. The summed E-state index contributed by atoms with van der Waals surface area (Å²) in [4.78, 5) is 25.5. The number of rotatable bonds is 11. The lowest BCUT2D eigenvalue weighted by Gasteiger charge is -2.26. The van der Waals surface area contributed by atoms with Gasteiger partial charge in [0.05, 0.1) is 31.4 Å². The van der Waals surface area contributed by atoms with Crippen molar-refractivity contribution in [2.75, 3.05) is 46.1 Å². The average Bonchev–Trinajstić information content (AvgIpc) is 2.82. The van der Waals surface area contributed by atoms with Crippen molar-refractivity contribution in [3.63, 3.8) is 0 Å². The van der Waals surface area contributed by atoms with Gasteiger partial charge in [-0.3, -0.25) is 19.8 Å². The van der Waals surface area contributed by atoms with Gasteiger partial charge < -0.3 is 14.2 Å². The van der Waals surface area contributed by atoms with Gasteiger partial charge in [-0.25, -0.2) is 0 Å². The Kier molecular flexibility index (Phi) is 8.77. The van der Waals surface area contributed by atoms with Gasteiger partial charge in [0, 0.05) is 42.9 Å². The maximum Gasteiger partial charge on any atom is 0.270 e. The predicted octanol–water partition coefficient (Wildman–Crippen LogP) is 3.99. The van der Waals surface area contributed by atoms with Crippen LogP contribution in [-0.2, 0) is 4.74 Å². The molecule has 0 bridgehead atoms. The third-order valence-corrected chi connectivity index (χ3v) is 5.05. The van der Waals surface area contributed by atoms with Crippen LogP contribution in [0.3, 0.4) is 0 Å². The standard InChI is InChI=1S/C24H28N2O6/c1-2-31-24-11-7-21(26(28)29)18-20(24)6-10-23(27)19-4-8-22(9-5-19)32-15-3-12-25-13-16-30-17-14-25/h4-11,18H,2-3,12-17H2,1H3/b10-6+. The molecular formula is C24H28N2O6. The van der Waals surface area contributed by atoms with Crippen molar-refractivity contribution in [2.45, 2.75) is 13.3 Å². The SMILES string of the molecule is CCOc1ccc([N+](=O)[O-])cc1/C=C/C(=O)c1ccc(OCCCN2CCOCC2)cc1. The van der Waals surface area contributed by atoms with Gasteiger partial charge in [0.25, 0.3) is 5.69 Å². The first-order valence-corrected chi connectivity index (χ1v) is 10.7. The lowest BCUT2D eigenvalue weighted by atomic mass is 10.1. The van der Waals surface area contributed by atoms with Crippen molar-refractivity contribution in [3.05, 3.63) is 69.8 Å². The number of ketones is 1. The van der Waals surface area contributed by atoms with Gasteiger partial charge in [-0.15, -0.1) is 0 Å². The second-order valence-electron chi connectivity index (χ2n) is 7.29. The molecule has 0 N–H and O–H groups in total. The van der Waals surface area contributed by atoms with Crippen molar-refractivity contribution in [1.82, 2.24) is 4.90 Å². The molecule has 32 heavy (non-hydrogen) atoms. The first-order valence-electron chi connectivity index (χ1n) is 10.7. The summed E-state index contributed by atoms with van der Waals surface area (Å²) < 4.78 is 16.6. The average molecular weight is 440 g/mol. The zero-order valence-electron chi connectivity index (χ0n) is 18.2. The molecule has 2 aromatic rings. The highest BCUT2D eigenvalue weighted by molar-refractivity contribution is 6.07. The lowest BCUT2D eigenvalue weighted by molar-refractivity contribution is -0.384. The van der Waals surface area contributed by atoms with E-state index in [1.807, 2.05) is 6.92 Å². The number of carbonyl (C=O) groups is 1. The zero-order valence-corrected chi connectivity index (χ0v) is 18.2. The molecule has 170 valence electrons. The summed E-state index contributed by atoms with van der Waals surface area (Å²) in [5.41, 5.74) is 0.926. The van der Waals surface area contributed by atoms with Crippen molar-refractivity contribution in [3.8, 4) is 11.5 Å². The van der Waals surface area contributed by atoms with Gasteiger partial charge in [-0.1, -0.05) is 0 Å². The first kappa shape index (κ1) is 23.4. The number of non-ortho nitro benzene ring substituents is 1. The largest absolute Gasteiger partial charge is 0.494 e. The number of ether oxygens (including phenoxy) is 3. The summed E-state index contributed by atoms with van der Waals surface area (Å²) in [6.07, 6.45) is 3.85. The van der Waals surface area contributed by atoms with Gasteiger partial charge in [-0.2, -0.15) is 0 Å². The van der Waals surface area contributed by atoms with E-state index in [0.29, 0.717) is 35.8 Å². The van der Waals surface area contributed by atoms with Crippen LogP contribution < -0.4 is 9.47 Å². The Labute approximate surface area is 187 Å². The summed E-state index contributed by atoms with van der Waals surface area (Å²) in [7, 11) is 0. The van der Waals surface area contributed by atoms with Crippen LogP contribution in [0.2, 0.25) is 0 Å². The Morgan fingerprint density at radius 2 is 1.91 bits per heavy atom. The second-order valence-corrected chi connectivity index (χ2v) is 7.29. The smallest absolute Gasteiger partial charge is 0.270 e. The van der Waals surface area contributed by atoms with E-state index in [1.165, 1.54) is 30.4 Å². The first-order chi connectivity index (χ1) is 15.6. The predicted molar refractivity (Wildman–Crippen MR) is 121 cm³/mol. The molecule has 0 spiro atoms. The topological polar surface area (TPSA) is 91.1 Å². The molecule has 2 aromatic carbocycles. The fraction of sp³-hybridized carbons (Fsp3) is 0.375. The number of nitro groups is 1.